The van der Waals surface area contributed by atoms with Crippen molar-refractivity contribution in [3.63, 3.8) is 0 Å². The van der Waals surface area contributed by atoms with E-state index >= 15 is 0 Å². The van der Waals surface area contributed by atoms with Crippen LogP contribution in [0.25, 0.3) is 10.8 Å². The van der Waals surface area contributed by atoms with E-state index in [4.69, 9.17) is 9.15 Å². The molecule has 4 rings (SSSR count). The number of amides is 1. The summed E-state index contributed by atoms with van der Waals surface area (Å²) in [4.78, 5) is 26.8. The van der Waals surface area contributed by atoms with Gasteiger partial charge in [0.25, 0.3) is 5.91 Å². The third kappa shape index (κ3) is 3.67. The van der Waals surface area contributed by atoms with Gasteiger partial charge in [0.05, 0.1) is 24.4 Å². The summed E-state index contributed by atoms with van der Waals surface area (Å²) in [5.74, 6) is 0.259. The number of carbonyl (C=O) groups excluding carboxylic acids is 2. The monoisotopic (exact) mass is 455 g/mol. The van der Waals surface area contributed by atoms with Crippen LogP contribution in [0.1, 0.15) is 48.2 Å². The molecule has 1 aliphatic heterocycles. The summed E-state index contributed by atoms with van der Waals surface area (Å²) in [7, 11) is 0. The molecule has 2 unspecified atom stereocenters. The van der Waals surface area contributed by atoms with Gasteiger partial charge in [0, 0.05) is 34.1 Å². The van der Waals surface area contributed by atoms with Crippen LogP contribution in [0.5, 0.6) is 0 Å². The Kier molecular flexibility index (Phi) is 6.03. The van der Waals surface area contributed by atoms with Crippen LogP contribution >= 0.6 is 0 Å². The predicted molar refractivity (Wildman–Crippen MR) is 120 cm³/mol. The number of hydrogen-bond donors (Lipinski definition) is 0. The number of aryl methyl sites for hydroxylation is 1. The van der Waals surface area contributed by atoms with Crippen molar-refractivity contribution in [2.75, 3.05) is 22.4 Å². The lowest BCUT2D eigenvalue weighted by Gasteiger charge is -2.34. The molecule has 8 nitrogen and oxygen atoms in total. The second-order valence-electron chi connectivity index (χ2n) is 7.40. The lowest BCUT2D eigenvalue weighted by Crippen LogP contribution is -2.32. The summed E-state index contributed by atoms with van der Waals surface area (Å²) in [6.07, 6.45) is -0.224. The zero-order valence-electron chi connectivity index (χ0n) is 18.0. The fourth-order valence-electron chi connectivity index (χ4n) is 4.20. The largest absolute Gasteiger partial charge is 0.755 e. The Morgan fingerprint density at radius 2 is 2.00 bits per heavy atom. The number of esters is 1. The van der Waals surface area contributed by atoms with Crippen LogP contribution < -0.4 is 9.21 Å². The Morgan fingerprint density at radius 1 is 1.22 bits per heavy atom. The van der Waals surface area contributed by atoms with Crippen LogP contribution in [0.15, 0.2) is 46.9 Å². The number of ether oxygens (including phenoxy) is 1. The van der Waals surface area contributed by atoms with E-state index in [1.807, 2.05) is 6.92 Å². The minimum absolute atomic E-state index is 0.121. The summed E-state index contributed by atoms with van der Waals surface area (Å²) in [5, 5.41) is 1.29. The third-order valence-corrected chi connectivity index (χ3v) is 6.29. The van der Waals surface area contributed by atoms with Crippen LogP contribution in [0, 0.1) is 6.92 Å². The van der Waals surface area contributed by atoms with Gasteiger partial charge in [-0.25, -0.2) is 0 Å². The molecule has 3 aromatic rings. The van der Waals surface area contributed by atoms with E-state index in [0.717, 1.165) is 9.99 Å². The molecule has 1 amide bonds. The highest BCUT2D eigenvalue weighted by molar-refractivity contribution is 7.80. The van der Waals surface area contributed by atoms with Crippen molar-refractivity contribution >= 4 is 45.3 Å². The number of carbonyl (C=O) groups is 2. The minimum atomic E-state index is -2.75. The lowest BCUT2D eigenvalue weighted by molar-refractivity contribution is -0.143. The van der Waals surface area contributed by atoms with Gasteiger partial charge in [0.2, 0.25) is 0 Å². The van der Waals surface area contributed by atoms with Gasteiger partial charge >= 0.3 is 5.97 Å². The maximum absolute atomic E-state index is 12.8. The van der Waals surface area contributed by atoms with Crippen LogP contribution in [0.2, 0.25) is 0 Å². The van der Waals surface area contributed by atoms with Crippen LogP contribution in [-0.4, -0.2) is 33.8 Å². The zero-order valence-corrected chi connectivity index (χ0v) is 18.8. The highest BCUT2D eigenvalue weighted by Gasteiger charge is 2.33. The maximum atomic E-state index is 12.8. The highest BCUT2D eigenvalue weighted by atomic mass is 32.2. The van der Waals surface area contributed by atoms with Gasteiger partial charge in [0.15, 0.2) is 0 Å². The van der Waals surface area contributed by atoms with E-state index < -0.39 is 23.3 Å². The molecule has 32 heavy (non-hydrogen) atoms. The normalized spacial score (nSPS) is 14.6. The molecule has 1 aliphatic rings. The quantitative estimate of drug-likeness (QED) is 0.375. The number of rotatable bonds is 8. The molecule has 0 N–H and O–H groups in total. The first-order chi connectivity index (χ1) is 15.4. The number of furan rings is 1. The third-order valence-electron chi connectivity index (χ3n) is 5.51. The van der Waals surface area contributed by atoms with Gasteiger partial charge in [0.1, 0.15) is 17.6 Å². The van der Waals surface area contributed by atoms with Crippen LogP contribution in [-0.2, 0) is 20.8 Å². The van der Waals surface area contributed by atoms with Crippen molar-refractivity contribution in [1.82, 2.24) is 0 Å². The second-order valence-corrected chi connectivity index (χ2v) is 8.23. The van der Waals surface area contributed by atoms with Crippen molar-refractivity contribution in [3.8, 4) is 0 Å². The zero-order chi connectivity index (χ0) is 23.0. The lowest BCUT2D eigenvalue weighted by atomic mass is 10.0. The number of nitrogens with zero attached hydrogens (tertiary/aromatic N) is 2. The molecule has 0 saturated carbocycles. The molecule has 0 saturated heterocycles. The molecule has 0 bridgehead atoms. The molecular formula is C23H23N2O6S-. The average Bonchev–Trinajstić information content (AvgIpc) is 3.31. The molecule has 168 valence electrons. The Balaban J connectivity index is 1.90. The first-order valence-corrected chi connectivity index (χ1v) is 11.4. The van der Waals surface area contributed by atoms with Crippen LogP contribution in [0.3, 0.4) is 0 Å². The molecular weight excluding hydrogens is 432 g/mol. The standard InChI is InChI=1S/C23H24N2O6S/c1-4-24-18-11-10-17(15-7-6-8-16(22(15)18)23(24)27)25(32(28)29)19(13-21(26)30-5-2)20-12-9-14(3)31-20/h6-12,19H,4-5,13H2,1-3H3,(H,28,29)/p-1. The van der Waals surface area contributed by atoms with Crippen molar-refractivity contribution < 1.29 is 27.5 Å². The molecule has 9 heteroatoms. The Bertz CT molecular complexity index is 1220. The molecule has 1 aromatic heterocycles. The molecule has 0 aliphatic carbocycles. The number of anilines is 2. The second kappa shape index (κ2) is 8.76. The van der Waals surface area contributed by atoms with Crippen molar-refractivity contribution in [1.29, 1.82) is 0 Å². The van der Waals surface area contributed by atoms with Gasteiger partial charge < -0.3 is 18.6 Å². The molecule has 2 atom stereocenters. The molecule has 2 heterocycles. The topological polar surface area (TPSA) is 103 Å². The Hall–Kier alpha value is -3.17. The van der Waals surface area contributed by atoms with Crippen molar-refractivity contribution in [2.45, 2.75) is 33.2 Å². The van der Waals surface area contributed by atoms with Gasteiger partial charge in [-0.2, -0.15) is 0 Å². The van der Waals surface area contributed by atoms with Gasteiger partial charge in [-0.05, 0) is 51.1 Å². The maximum Gasteiger partial charge on any atom is 0.308 e. The first kappa shape index (κ1) is 22.0. The van der Waals surface area contributed by atoms with E-state index in [-0.39, 0.29) is 18.9 Å². The summed E-state index contributed by atoms with van der Waals surface area (Å²) in [5.41, 5.74) is 1.61. The summed E-state index contributed by atoms with van der Waals surface area (Å²) in [6, 6.07) is 11.1. The van der Waals surface area contributed by atoms with Crippen LogP contribution in [0.4, 0.5) is 11.4 Å². The fraction of sp³-hybridized carbons (Fsp3) is 0.304. The van der Waals surface area contributed by atoms with Gasteiger partial charge in [-0.15, -0.1) is 0 Å². The highest BCUT2D eigenvalue weighted by Crippen LogP contribution is 2.44. The van der Waals surface area contributed by atoms with Crippen molar-refractivity contribution in [2.24, 2.45) is 0 Å². The average molecular weight is 456 g/mol. The summed E-state index contributed by atoms with van der Waals surface area (Å²) < 4.78 is 37.0. The molecule has 0 radical (unpaired) electrons. The van der Waals surface area contributed by atoms with E-state index in [0.29, 0.717) is 40.1 Å². The SMILES string of the molecule is CCOC(=O)CC(c1ccc(C)o1)N(c1ccc2c3c(cccc13)C(=O)N2CC)S(=O)[O-]. The van der Waals surface area contributed by atoms with E-state index in [1.165, 1.54) is 0 Å². The molecule has 2 aromatic carbocycles. The summed E-state index contributed by atoms with van der Waals surface area (Å²) >= 11 is -2.75. The minimum Gasteiger partial charge on any atom is -0.755 e. The van der Waals surface area contributed by atoms with E-state index in [2.05, 4.69) is 0 Å². The van der Waals surface area contributed by atoms with Gasteiger partial charge in [-0.3, -0.25) is 18.1 Å². The van der Waals surface area contributed by atoms with Gasteiger partial charge in [-0.1, -0.05) is 12.1 Å². The summed E-state index contributed by atoms with van der Waals surface area (Å²) in [6.45, 7) is 5.99. The van der Waals surface area contributed by atoms with Crippen molar-refractivity contribution in [3.05, 3.63) is 59.5 Å². The first-order valence-electron chi connectivity index (χ1n) is 10.4. The number of hydrogen-bond acceptors (Lipinski definition) is 6. The predicted octanol–water partition coefficient (Wildman–Crippen LogP) is 4.02. The Morgan fingerprint density at radius 3 is 2.62 bits per heavy atom. The smallest absolute Gasteiger partial charge is 0.308 e. The van der Waals surface area contributed by atoms with E-state index in [9.17, 15) is 18.4 Å². The Labute approximate surface area is 188 Å². The molecule has 0 spiro atoms. The van der Waals surface area contributed by atoms with E-state index in [1.54, 1.807) is 61.2 Å². The number of benzene rings is 2. The fourth-order valence-corrected chi connectivity index (χ4v) is 4.90. The molecule has 0 fully saturated rings.